The van der Waals surface area contributed by atoms with E-state index in [1.165, 1.54) is 6.92 Å². The van der Waals surface area contributed by atoms with Gasteiger partial charge in [0.05, 0.1) is 5.69 Å². The maximum absolute atomic E-state index is 13.7. The van der Waals surface area contributed by atoms with Gasteiger partial charge in [-0.3, -0.25) is 4.79 Å². The van der Waals surface area contributed by atoms with E-state index in [9.17, 15) is 22.0 Å². The van der Waals surface area contributed by atoms with Gasteiger partial charge in [-0.15, -0.1) is 0 Å². The molecule has 1 heterocycles. The van der Waals surface area contributed by atoms with Crippen LogP contribution >= 0.6 is 0 Å². The number of amides is 1. The van der Waals surface area contributed by atoms with Crippen molar-refractivity contribution in [3.8, 4) is 0 Å². The minimum atomic E-state index is -4.26. The van der Waals surface area contributed by atoms with Crippen LogP contribution in [-0.4, -0.2) is 37.8 Å². The predicted octanol–water partition coefficient (Wildman–Crippen LogP) is 0.0560. The number of nitrogens with zero attached hydrogens (tertiary/aromatic N) is 1. The molecule has 9 heteroatoms. The van der Waals surface area contributed by atoms with Gasteiger partial charge in [-0.05, 0) is 13.0 Å². The molecule has 0 aliphatic carbocycles. The molecule has 0 radical (unpaired) electrons. The molecule has 1 aliphatic rings. The van der Waals surface area contributed by atoms with Crippen molar-refractivity contribution in [2.45, 2.75) is 17.9 Å². The molecule has 1 aromatic carbocycles. The number of halogens is 2. The van der Waals surface area contributed by atoms with Crippen molar-refractivity contribution in [3.63, 3.8) is 0 Å². The van der Waals surface area contributed by atoms with Crippen molar-refractivity contribution in [1.29, 1.82) is 0 Å². The highest BCUT2D eigenvalue weighted by Crippen LogP contribution is 2.25. The highest BCUT2D eigenvalue weighted by atomic mass is 32.2. The summed E-state index contributed by atoms with van der Waals surface area (Å²) in [5.74, 6) is -2.75. The van der Waals surface area contributed by atoms with Crippen LogP contribution in [0.1, 0.15) is 6.92 Å². The summed E-state index contributed by atoms with van der Waals surface area (Å²) in [4.78, 5) is 10.8. The van der Waals surface area contributed by atoms with Crippen LogP contribution < -0.4 is 11.1 Å². The van der Waals surface area contributed by atoms with Crippen molar-refractivity contribution < 1.29 is 22.0 Å². The smallest absolute Gasteiger partial charge is 0.246 e. The fourth-order valence-electron chi connectivity index (χ4n) is 1.96. The molecule has 1 amide bonds. The summed E-state index contributed by atoms with van der Waals surface area (Å²) >= 11 is 0. The summed E-state index contributed by atoms with van der Waals surface area (Å²) in [6.45, 7) is 1.52. The van der Waals surface area contributed by atoms with Crippen molar-refractivity contribution in [2.75, 3.05) is 18.8 Å². The van der Waals surface area contributed by atoms with E-state index in [0.717, 1.165) is 10.4 Å². The van der Waals surface area contributed by atoms with Crippen LogP contribution in [0.4, 0.5) is 14.5 Å². The monoisotopic (exact) mass is 305 g/mol. The molecule has 1 atom stereocenters. The lowest BCUT2D eigenvalue weighted by Crippen LogP contribution is -2.55. The molecule has 2 rings (SSSR count). The zero-order valence-corrected chi connectivity index (χ0v) is 11.4. The zero-order chi connectivity index (χ0) is 15.1. The molecule has 1 aliphatic heterocycles. The summed E-state index contributed by atoms with van der Waals surface area (Å²) in [7, 11) is -4.26. The van der Waals surface area contributed by atoms with Crippen molar-refractivity contribution >= 4 is 21.6 Å². The fourth-order valence-corrected chi connectivity index (χ4v) is 3.64. The van der Waals surface area contributed by atoms with Crippen LogP contribution in [0.5, 0.6) is 0 Å². The number of carbonyl (C=O) groups is 1. The van der Waals surface area contributed by atoms with Crippen molar-refractivity contribution in [3.05, 3.63) is 23.8 Å². The maximum atomic E-state index is 13.7. The summed E-state index contributed by atoms with van der Waals surface area (Å²) in [5, 5.41) is 2.50. The Bertz CT molecular complexity index is 663. The van der Waals surface area contributed by atoms with E-state index < -0.39 is 44.2 Å². The van der Waals surface area contributed by atoms with Gasteiger partial charge in [0.25, 0.3) is 0 Å². The number of hydrogen-bond donors (Lipinski definition) is 2. The molecule has 0 bridgehead atoms. The van der Waals surface area contributed by atoms with Gasteiger partial charge in [-0.2, -0.15) is 4.31 Å². The lowest BCUT2D eigenvalue weighted by atomic mass is 10.2. The average Bonchev–Trinajstić information content (AvgIpc) is 2.36. The Kier molecular flexibility index (Phi) is 3.65. The first-order valence-corrected chi connectivity index (χ1v) is 7.23. The minimum Gasteiger partial charge on any atom is -0.396 e. The van der Waals surface area contributed by atoms with E-state index in [0.29, 0.717) is 6.07 Å². The number of rotatable bonds is 2. The number of anilines is 1. The third-order valence-corrected chi connectivity index (χ3v) is 5.07. The molecular formula is C11H13F2N3O3S. The van der Waals surface area contributed by atoms with Crippen LogP contribution in [0.2, 0.25) is 0 Å². The Hall–Kier alpha value is -1.74. The Labute approximate surface area is 114 Å². The Morgan fingerprint density at radius 2 is 2.00 bits per heavy atom. The molecule has 1 unspecified atom stereocenters. The summed E-state index contributed by atoms with van der Waals surface area (Å²) in [6, 6.07) is 0.162. The SMILES string of the molecule is CC1C(=O)NCCN1S(=O)(=O)c1cc(N)c(F)cc1F. The lowest BCUT2D eigenvalue weighted by Gasteiger charge is -2.31. The van der Waals surface area contributed by atoms with Gasteiger partial charge < -0.3 is 11.1 Å². The quantitative estimate of drug-likeness (QED) is 0.756. The van der Waals surface area contributed by atoms with Gasteiger partial charge in [0, 0.05) is 19.2 Å². The second-order valence-electron chi connectivity index (χ2n) is 4.39. The number of sulfonamides is 1. The van der Waals surface area contributed by atoms with Gasteiger partial charge in [-0.1, -0.05) is 0 Å². The van der Waals surface area contributed by atoms with Crippen LogP contribution in [0.15, 0.2) is 17.0 Å². The summed E-state index contributed by atoms with van der Waals surface area (Å²) < 4.78 is 52.4. The second-order valence-corrected chi connectivity index (χ2v) is 6.25. The van der Waals surface area contributed by atoms with Crippen molar-refractivity contribution in [1.82, 2.24) is 9.62 Å². The van der Waals surface area contributed by atoms with Crippen LogP contribution in [0.25, 0.3) is 0 Å². The number of nitrogens with two attached hydrogens (primary N) is 1. The molecular weight excluding hydrogens is 292 g/mol. The molecule has 110 valence electrons. The number of benzene rings is 1. The number of nitrogen functional groups attached to an aromatic ring is 1. The molecule has 6 nitrogen and oxygen atoms in total. The van der Waals surface area contributed by atoms with Gasteiger partial charge in [-0.25, -0.2) is 17.2 Å². The topological polar surface area (TPSA) is 92.5 Å². The zero-order valence-electron chi connectivity index (χ0n) is 10.6. The predicted molar refractivity (Wildman–Crippen MR) is 67.1 cm³/mol. The molecule has 0 aromatic heterocycles. The van der Waals surface area contributed by atoms with Gasteiger partial charge in [0.2, 0.25) is 15.9 Å². The molecule has 20 heavy (non-hydrogen) atoms. The summed E-state index contributed by atoms with van der Waals surface area (Å²) in [5.41, 5.74) is 4.80. The third-order valence-electron chi connectivity index (χ3n) is 3.08. The standard InChI is InChI=1S/C11H13F2N3O3S/c1-6-11(17)15-2-3-16(6)20(18,19)10-5-9(14)7(12)4-8(10)13/h4-6H,2-3,14H2,1H3,(H,15,17). The van der Waals surface area contributed by atoms with E-state index in [-0.39, 0.29) is 13.1 Å². The first-order chi connectivity index (χ1) is 9.25. The average molecular weight is 305 g/mol. The second kappa shape index (κ2) is 4.98. The Morgan fingerprint density at radius 3 is 2.65 bits per heavy atom. The number of piperazine rings is 1. The molecule has 1 fully saturated rings. The molecule has 3 N–H and O–H groups in total. The highest BCUT2D eigenvalue weighted by molar-refractivity contribution is 7.89. The molecule has 0 saturated carbocycles. The fraction of sp³-hybridized carbons (Fsp3) is 0.364. The van der Waals surface area contributed by atoms with E-state index in [1.807, 2.05) is 0 Å². The van der Waals surface area contributed by atoms with Crippen LogP contribution in [0.3, 0.4) is 0 Å². The van der Waals surface area contributed by atoms with Gasteiger partial charge >= 0.3 is 0 Å². The van der Waals surface area contributed by atoms with Crippen LogP contribution in [0, 0.1) is 11.6 Å². The van der Waals surface area contributed by atoms with E-state index in [4.69, 9.17) is 5.73 Å². The van der Waals surface area contributed by atoms with E-state index >= 15 is 0 Å². The lowest BCUT2D eigenvalue weighted by molar-refractivity contribution is -0.126. The van der Waals surface area contributed by atoms with E-state index in [1.54, 1.807) is 0 Å². The van der Waals surface area contributed by atoms with Crippen LogP contribution in [-0.2, 0) is 14.8 Å². The van der Waals surface area contributed by atoms with Gasteiger partial charge in [0.15, 0.2) is 0 Å². The minimum absolute atomic E-state index is 0.00591. The highest BCUT2D eigenvalue weighted by Gasteiger charge is 2.37. The Balaban J connectivity index is 2.50. The maximum Gasteiger partial charge on any atom is 0.246 e. The first kappa shape index (κ1) is 14.7. The molecule has 1 aromatic rings. The number of nitrogens with one attached hydrogen (secondary N) is 1. The van der Waals surface area contributed by atoms with E-state index in [2.05, 4.69) is 5.32 Å². The van der Waals surface area contributed by atoms with Crippen molar-refractivity contribution in [2.24, 2.45) is 0 Å². The number of carbonyl (C=O) groups excluding carboxylic acids is 1. The Morgan fingerprint density at radius 1 is 1.35 bits per heavy atom. The van der Waals surface area contributed by atoms with Gasteiger partial charge in [0.1, 0.15) is 22.6 Å². The largest absolute Gasteiger partial charge is 0.396 e. The normalized spacial score (nSPS) is 20.8. The third kappa shape index (κ3) is 2.34. The first-order valence-electron chi connectivity index (χ1n) is 5.79. The molecule has 1 saturated heterocycles. The number of hydrogen-bond acceptors (Lipinski definition) is 4. The molecule has 0 spiro atoms. The summed E-state index contributed by atoms with van der Waals surface area (Å²) in [6.07, 6.45) is 0.